The van der Waals surface area contributed by atoms with Gasteiger partial charge in [-0.1, -0.05) is 0 Å². The molecule has 182 valence electrons. The second-order valence-electron chi connectivity index (χ2n) is 7.72. The van der Waals surface area contributed by atoms with Crippen molar-refractivity contribution in [3.05, 3.63) is 72.6 Å². The third kappa shape index (κ3) is 4.15. The van der Waals surface area contributed by atoms with Crippen molar-refractivity contribution in [1.82, 2.24) is 4.57 Å². The molecule has 1 unspecified atom stereocenters. The fourth-order valence-corrected chi connectivity index (χ4v) is 5.17. The molecule has 1 atom stereocenters. The first-order valence-corrected chi connectivity index (χ1v) is 11.4. The third-order valence-corrected chi connectivity index (χ3v) is 6.88. The van der Waals surface area contributed by atoms with E-state index in [1.165, 1.54) is 33.0 Å². The zero-order valence-corrected chi connectivity index (χ0v) is 20.8. The summed E-state index contributed by atoms with van der Waals surface area (Å²) in [6, 6.07) is 14.7. The molecule has 0 fully saturated rings. The Kier molecular flexibility index (Phi) is 6.73. The number of aromatic nitrogens is 1. The van der Waals surface area contributed by atoms with Crippen LogP contribution in [0.15, 0.2) is 46.8 Å². The Morgan fingerprint density at radius 1 is 0.861 bits per heavy atom. The SMILES string of the molecule is COc1cc(/C=c2/sc3n(c2=O)C(N)=C(C#N)C(c2cc(OC)cc(OC)c2)C=3C#N)cc(OC)c1. The highest BCUT2D eigenvalue weighted by Gasteiger charge is 2.32. The standard InChI is InChI=1S/C26H22N4O5S/c1-32-16-5-14(6-17(10-16)33-2)7-22-25(31)30-24(29)20(12-27)23(21(13-28)26(30)36-22)15-8-18(34-3)11-19(9-15)35-4/h5-11,23H,29H2,1-4H3/b22-7+. The fraction of sp³-hybridized carbons (Fsp3) is 0.192. The molecule has 0 amide bonds. The predicted molar refractivity (Wildman–Crippen MR) is 135 cm³/mol. The molecule has 0 saturated heterocycles. The van der Waals surface area contributed by atoms with Gasteiger partial charge in [-0.3, -0.25) is 9.36 Å². The van der Waals surface area contributed by atoms with Crippen LogP contribution < -0.4 is 39.4 Å². The van der Waals surface area contributed by atoms with Gasteiger partial charge in [0.15, 0.2) is 0 Å². The summed E-state index contributed by atoms with van der Waals surface area (Å²) in [5, 5.41) is 20.2. The highest BCUT2D eigenvalue weighted by atomic mass is 32.1. The molecule has 0 aliphatic carbocycles. The molecule has 2 heterocycles. The van der Waals surface area contributed by atoms with Gasteiger partial charge in [-0.25, -0.2) is 0 Å². The molecule has 1 aliphatic heterocycles. The first-order valence-electron chi connectivity index (χ1n) is 10.6. The molecule has 0 bridgehead atoms. The molecule has 10 heteroatoms. The number of thiazole rings is 1. The quantitative estimate of drug-likeness (QED) is 0.540. The molecule has 1 aromatic heterocycles. The van der Waals surface area contributed by atoms with Crippen molar-refractivity contribution in [2.24, 2.45) is 5.73 Å². The van der Waals surface area contributed by atoms with Crippen LogP contribution in [0.3, 0.4) is 0 Å². The van der Waals surface area contributed by atoms with Gasteiger partial charge in [-0.05, 0) is 41.5 Å². The number of hydrogen-bond donors (Lipinski definition) is 1. The van der Waals surface area contributed by atoms with E-state index in [9.17, 15) is 15.3 Å². The second kappa shape index (κ2) is 9.90. The smallest absolute Gasteiger partial charge is 0.274 e. The van der Waals surface area contributed by atoms with Gasteiger partial charge < -0.3 is 24.7 Å². The van der Waals surface area contributed by atoms with Gasteiger partial charge in [0.25, 0.3) is 5.56 Å². The van der Waals surface area contributed by atoms with Crippen molar-refractivity contribution in [3.63, 3.8) is 0 Å². The van der Waals surface area contributed by atoms with Gasteiger partial charge in [0.1, 0.15) is 33.5 Å². The van der Waals surface area contributed by atoms with Gasteiger partial charge in [0.2, 0.25) is 0 Å². The molecule has 3 aromatic rings. The number of rotatable bonds is 6. The minimum Gasteiger partial charge on any atom is -0.497 e. The van der Waals surface area contributed by atoms with Crippen LogP contribution in [-0.4, -0.2) is 33.0 Å². The number of nitriles is 2. The summed E-state index contributed by atoms with van der Waals surface area (Å²) >= 11 is 1.12. The van der Waals surface area contributed by atoms with E-state index in [1.807, 2.05) is 0 Å². The number of ether oxygens (including phenoxy) is 4. The van der Waals surface area contributed by atoms with Gasteiger partial charge in [0.05, 0.1) is 62.2 Å². The van der Waals surface area contributed by atoms with Crippen LogP contribution in [0.5, 0.6) is 23.0 Å². The third-order valence-electron chi connectivity index (χ3n) is 5.77. The van der Waals surface area contributed by atoms with Crippen LogP contribution in [0.1, 0.15) is 17.0 Å². The Morgan fingerprint density at radius 2 is 1.36 bits per heavy atom. The number of nitrogens with zero attached hydrogens (tertiary/aromatic N) is 3. The lowest BCUT2D eigenvalue weighted by molar-refractivity contribution is 0.393. The summed E-state index contributed by atoms with van der Waals surface area (Å²) in [6.07, 6.45) is 1.67. The highest BCUT2D eigenvalue weighted by Crippen LogP contribution is 2.38. The van der Waals surface area contributed by atoms with Crippen LogP contribution >= 0.6 is 11.3 Å². The summed E-state index contributed by atoms with van der Waals surface area (Å²) in [4.78, 5) is 13.4. The Balaban J connectivity index is 2.03. The van der Waals surface area contributed by atoms with Crippen molar-refractivity contribution in [1.29, 1.82) is 10.5 Å². The first kappa shape index (κ1) is 24.5. The molecular formula is C26H22N4O5S. The number of fused-ring (bicyclic) bond motifs is 1. The van der Waals surface area contributed by atoms with Gasteiger partial charge in [-0.2, -0.15) is 10.5 Å². The number of benzene rings is 2. The first-order chi connectivity index (χ1) is 17.4. The van der Waals surface area contributed by atoms with Crippen molar-refractivity contribution in [3.8, 4) is 35.1 Å². The number of hydrogen-bond acceptors (Lipinski definition) is 9. The molecule has 1 aliphatic rings. The van der Waals surface area contributed by atoms with E-state index < -0.39 is 11.5 Å². The van der Waals surface area contributed by atoms with E-state index >= 15 is 0 Å². The highest BCUT2D eigenvalue weighted by molar-refractivity contribution is 7.07. The second-order valence-corrected chi connectivity index (χ2v) is 8.75. The maximum atomic E-state index is 13.4. The minimum absolute atomic E-state index is 0.0255. The van der Waals surface area contributed by atoms with Crippen molar-refractivity contribution >= 4 is 28.8 Å². The molecule has 2 N–H and O–H groups in total. The topological polar surface area (TPSA) is 133 Å². The van der Waals surface area contributed by atoms with E-state index in [0.717, 1.165) is 11.3 Å². The summed E-state index contributed by atoms with van der Waals surface area (Å²) in [5.74, 6) is 1.28. The summed E-state index contributed by atoms with van der Waals surface area (Å²) < 4.78 is 23.3. The molecule has 0 spiro atoms. The van der Waals surface area contributed by atoms with Crippen molar-refractivity contribution in [2.45, 2.75) is 5.92 Å². The van der Waals surface area contributed by atoms with Crippen molar-refractivity contribution in [2.75, 3.05) is 28.4 Å². The van der Waals surface area contributed by atoms with E-state index in [-0.39, 0.29) is 17.0 Å². The maximum Gasteiger partial charge on any atom is 0.274 e. The normalized spacial score (nSPS) is 15.1. The zero-order valence-electron chi connectivity index (χ0n) is 20.0. The Labute approximate surface area is 210 Å². The van der Waals surface area contributed by atoms with Crippen molar-refractivity contribution < 1.29 is 18.9 Å². The molecular weight excluding hydrogens is 480 g/mol. The lowest BCUT2D eigenvalue weighted by Gasteiger charge is -2.23. The lowest BCUT2D eigenvalue weighted by atomic mass is 9.84. The van der Waals surface area contributed by atoms with E-state index in [1.54, 1.807) is 42.5 Å². The van der Waals surface area contributed by atoms with Gasteiger partial charge >= 0.3 is 0 Å². The van der Waals surface area contributed by atoms with Gasteiger partial charge in [-0.15, -0.1) is 11.3 Å². The van der Waals surface area contributed by atoms with E-state index in [4.69, 9.17) is 24.7 Å². The monoisotopic (exact) mass is 502 g/mol. The number of allylic oxidation sites excluding steroid dienone is 1. The van der Waals surface area contributed by atoms with E-state index in [0.29, 0.717) is 43.3 Å². The Morgan fingerprint density at radius 3 is 1.83 bits per heavy atom. The minimum atomic E-state index is -0.799. The molecule has 9 nitrogen and oxygen atoms in total. The van der Waals surface area contributed by atoms with Crippen LogP contribution in [0.2, 0.25) is 0 Å². The summed E-state index contributed by atoms with van der Waals surface area (Å²) in [6.45, 7) is 0. The molecule has 0 radical (unpaired) electrons. The molecule has 36 heavy (non-hydrogen) atoms. The molecule has 0 saturated carbocycles. The van der Waals surface area contributed by atoms with Gasteiger partial charge in [0, 0.05) is 12.1 Å². The average Bonchev–Trinajstić information content (AvgIpc) is 3.23. The number of nitrogens with two attached hydrogens (primary N) is 1. The maximum absolute atomic E-state index is 13.4. The van der Waals surface area contributed by atoms with Crippen LogP contribution in [-0.2, 0) is 0 Å². The predicted octanol–water partition coefficient (Wildman–Crippen LogP) is 1.90. The summed E-state index contributed by atoms with van der Waals surface area (Å²) in [5.41, 5.74) is 7.50. The van der Waals surface area contributed by atoms with Crippen LogP contribution in [0, 0.1) is 22.7 Å². The van der Waals surface area contributed by atoms with E-state index in [2.05, 4.69) is 12.1 Å². The number of methoxy groups -OCH3 is 4. The van der Waals surface area contributed by atoms with Crippen LogP contribution in [0.25, 0.3) is 17.5 Å². The Hall–Kier alpha value is -4.67. The summed E-state index contributed by atoms with van der Waals surface area (Å²) in [7, 11) is 6.09. The molecule has 2 aromatic carbocycles. The molecule has 4 rings (SSSR count). The zero-order chi connectivity index (χ0) is 26.0. The lowest BCUT2D eigenvalue weighted by Crippen LogP contribution is -2.38. The fourth-order valence-electron chi connectivity index (χ4n) is 4.05. The largest absolute Gasteiger partial charge is 0.497 e. The average molecular weight is 503 g/mol. The Bertz CT molecular complexity index is 1610. The van der Waals surface area contributed by atoms with Crippen LogP contribution in [0.4, 0.5) is 0 Å².